The lowest BCUT2D eigenvalue weighted by Crippen LogP contribution is -2.42. The number of hydrogen-bond acceptors (Lipinski definition) is 5. The van der Waals surface area contributed by atoms with Crippen molar-refractivity contribution in [2.75, 3.05) is 0 Å². The number of nitro groups is 1. The van der Waals surface area contributed by atoms with E-state index in [1.165, 1.54) is 12.1 Å². The molecule has 7 heteroatoms. The lowest BCUT2D eigenvalue weighted by Gasteiger charge is -2.31. The maximum Gasteiger partial charge on any atom is 0.281 e. The van der Waals surface area contributed by atoms with E-state index in [0.29, 0.717) is 0 Å². The van der Waals surface area contributed by atoms with E-state index in [9.17, 15) is 24.5 Å². The number of rotatable bonds is 3. The highest BCUT2D eigenvalue weighted by Gasteiger charge is 2.44. The fraction of sp³-hybridized carbons (Fsp3) is 0.400. The molecule has 1 aromatic carbocycles. The minimum atomic E-state index is -1.45. The topological polar surface area (TPSA) is 94.3 Å². The molecule has 6 nitrogen and oxygen atoms in total. The van der Waals surface area contributed by atoms with E-state index in [4.69, 9.17) is 11.6 Å². The quantitative estimate of drug-likeness (QED) is 0.369. The van der Waals surface area contributed by atoms with Crippen LogP contribution in [0.25, 0.3) is 0 Å². The number of carbonyl (C=O) groups is 3. The summed E-state index contributed by atoms with van der Waals surface area (Å²) in [6.45, 7) is 3.54. The summed E-state index contributed by atoms with van der Waals surface area (Å²) < 4.78 is 0. The number of ketones is 3. The van der Waals surface area contributed by atoms with Gasteiger partial charge in [-0.15, -0.1) is 0 Å². The minimum absolute atomic E-state index is 0.0938. The summed E-state index contributed by atoms with van der Waals surface area (Å²) in [5.41, 5.74) is -1.25. The van der Waals surface area contributed by atoms with Crippen LogP contribution in [-0.4, -0.2) is 22.3 Å². The number of hydrogen-bond donors (Lipinski definition) is 0. The molecule has 22 heavy (non-hydrogen) atoms. The third-order valence-corrected chi connectivity index (χ3v) is 3.87. The van der Waals surface area contributed by atoms with E-state index >= 15 is 0 Å². The Balaban J connectivity index is 2.43. The molecule has 0 aromatic heterocycles. The van der Waals surface area contributed by atoms with Crippen LogP contribution in [0.4, 0.5) is 5.69 Å². The Kier molecular flexibility index (Phi) is 4.15. The largest absolute Gasteiger partial charge is 0.298 e. The van der Waals surface area contributed by atoms with Crippen LogP contribution in [0.2, 0.25) is 5.02 Å². The van der Waals surface area contributed by atoms with Crippen molar-refractivity contribution in [2.45, 2.75) is 26.7 Å². The molecule has 0 atom stereocenters. The Morgan fingerprint density at radius 3 is 2.32 bits per heavy atom. The van der Waals surface area contributed by atoms with Gasteiger partial charge in [0.05, 0.1) is 10.5 Å². The summed E-state index contributed by atoms with van der Waals surface area (Å²) in [5.74, 6) is -3.26. The molecular formula is C15H14ClNO5. The average molecular weight is 324 g/mol. The van der Waals surface area contributed by atoms with Gasteiger partial charge < -0.3 is 0 Å². The summed E-state index contributed by atoms with van der Waals surface area (Å²) in [7, 11) is 0. The maximum absolute atomic E-state index is 12.5. The average Bonchev–Trinajstić information content (AvgIpc) is 2.35. The number of Topliss-reactive ketones (excluding diaryl/α,β-unsaturated/α-hetero) is 3. The number of halogens is 1. The molecule has 0 N–H and O–H groups in total. The molecule has 0 bridgehead atoms. The van der Waals surface area contributed by atoms with Crippen LogP contribution in [0.1, 0.15) is 37.0 Å². The zero-order valence-electron chi connectivity index (χ0n) is 12.1. The van der Waals surface area contributed by atoms with E-state index in [-0.39, 0.29) is 23.4 Å². The predicted molar refractivity (Wildman–Crippen MR) is 79.0 cm³/mol. The third kappa shape index (κ3) is 3.06. The second-order valence-corrected chi connectivity index (χ2v) is 6.60. The lowest BCUT2D eigenvalue weighted by atomic mass is 9.69. The summed E-state index contributed by atoms with van der Waals surface area (Å²) in [4.78, 5) is 47.1. The first-order chi connectivity index (χ1) is 10.1. The zero-order valence-corrected chi connectivity index (χ0v) is 12.8. The molecule has 0 spiro atoms. The van der Waals surface area contributed by atoms with Gasteiger partial charge in [-0.05, 0) is 17.5 Å². The highest BCUT2D eigenvalue weighted by atomic mass is 35.5. The molecule has 0 radical (unpaired) electrons. The van der Waals surface area contributed by atoms with E-state index in [2.05, 4.69) is 0 Å². The van der Waals surface area contributed by atoms with Crippen LogP contribution >= 0.6 is 11.6 Å². The summed E-state index contributed by atoms with van der Waals surface area (Å²) >= 11 is 5.70. The van der Waals surface area contributed by atoms with Crippen LogP contribution in [0.3, 0.4) is 0 Å². The standard InChI is InChI=1S/C15H14ClNO5/c1-15(2)6-11(18)13(12(19)7-15)14(20)9-4-3-8(16)5-10(9)17(21)22/h3-5,13H,6-7H2,1-2H3. The monoisotopic (exact) mass is 323 g/mol. The van der Waals surface area contributed by atoms with E-state index < -0.39 is 39.3 Å². The van der Waals surface area contributed by atoms with Crippen molar-refractivity contribution in [3.05, 3.63) is 38.9 Å². The SMILES string of the molecule is CC1(C)CC(=O)C(C(=O)c2ccc(Cl)cc2[N+](=O)[O-])C(=O)C1. The van der Waals surface area contributed by atoms with Crippen LogP contribution in [0.5, 0.6) is 0 Å². The number of benzene rings is 1. The van der Waals surface area contributed by atoms with Gasteiger partial charge in [0, 0.05) is 23.9 Å². The summed E-state index contributed by atoms with van der Waals surface area (Å²) in [6, 6.07) is 3.54. The number of carbonyl (C=O) groups excluding carboxylic acids is 3. The first kappa shape index (κ1) is 16.3. The zero-order chi connectivity index (χ0) is 16.7. The van der Waals surface area contributed by atoms with Gasteiger partial charge in [0.1, 0.15) is 5.92 Å². The summed E-state index contributed by atoms with van der Waals surface area (Å²) in [5, 5.41) is 11.2. The van der Waals surface area contributed by atoms with Crippen LogP contribution in [-0.2, 0) is 9.59 Å². The molecule has 0 unspecified atom stereocenters. The van der Waals surface area contributed by atoms with Gasteiger partial charge in [-0.2, -0.15) is 0 Å². The van der Waals surface area contributed by atoms with Crippen molar-refractivity contribution < 1.29 is 19.3 Å². The second-order valence-electron chi connectivity index (χ2n) is 6.17. The van der Waals surface area contributed by atoms with Crippen LogP contribution in [0, 0.1) is 21.4 Å². The van der Waals surface area contributed by atoms with Crippen molar-refractivity contribution in [3.63, 3.8) is 0 Å². The molecule has 1 saturated carbocycles. The molecule has 1 fully saturated rings. The van der Waals surface area contributed by atoms with Crippen molar-refractivity contribution in [1.82, 2.24) is 0 Å². The van der Waals surface area contributed by atoms with Gasteiger partial charge in [-0.1, -0.05) is 25.4 Å². The van der Waals surface area contributed by atoms with E-state index in [1.54, 1.807) is 13.8 Å². The molecule has 1 aromatic rings. The van der Waals surface area contributed by atoms with Gasteiger partial charge in [0.2, 0.25) is 0 Å². The van der Waals surface area contributed by atoms with Crippen molar-refractivity contribution >= 4 is 34.6 Å². The Bertz CT molecular complexity index is 675. The highest BCUT2D eigenvalue weighted by molar-refractivity contribution is 6.31. The number of nitrogens with zero attached hydrogens (tertiary/aromatic N) is 1. The maximum atomic E-state index is 12.5. The molecule has 0 amide bonds. The van der Waals surface area contributed by atoms with Gasteiger partial charge in [-0.3, -0.25) is 24.5 Å². The molecular weight excluding hydrogens is 310 g/mol. The molecule has 1 aliphatic rings. The van der Waals surface area contributed by atoms with Crippen LogP contribution in [0.15, 0.2) is 18.2 Å². The molecule has 0 heterocycles. The fourth-order valence-corrected chi connectivity index (χ4v) is 2.87. The third-order valence-electron chi connectivity index (χ3n) is 3.63. The molecule has 0 saturated heterocycles. The molecule has 116 valence electrons. The number of nitro benzene ring substituents is 1. The Morgan fingerprint density at radius 2 is 1.82 bits per heavy atom. The van der Waals surface area contributed by atoms with Crippen molar-refractivity contribution in [1.29, 1.82) is 0 Å². The van der Waals surface area contributed by atoms with Gasteiger partial charge in [0.25, 0.3) is 5.69 Å². The first-order valence-electron chi connectivity index (χ1n) is 6.66. The van der Waals surface area contributed by atoms with Crippen molar-refractivity contribution in [2.24, 2.45) is 11.3 Å². The Labute approximate surface area is 131 Å². The Hall–Kier alpha value is -2.08. The highest BCUT2D eigenvalue weighted by Crippen LogP contribution is 2.36. The fourth-order valence-electron chi connectivity index (χ4n) is 2.70. The van der Waals surface area contributed by atoms with E-state index in [1.807, 2.05) is 0 Å². The lowest BCUT2D eigenvalue weighted by molar-refractivity contribution is -0.385. The van der Waals surface area contributed by atoms with Crippen LogP contribution < -0.4 is 0 Å². The van der Waals surface area contributed by atoms with Gasteiger partial charge in [0.15, 0.2) is 17.3 Å². The van der Waals surface area contributed by atoms with E-state index in [0.717, 1.165) is 6.07 Å². The smallest absolute Gasteiger partial charge is 0.281 e. The second kappa shape index (κ2) is 5.61. The molecule has 2 rings (SSSR count). The van der Waals surface area contributed by atoms with Gasteiger partial charge >= 0.3 is 0 Å². The Morgan fingerprint density at radius 1 is 1.27 bits per heavy atom. The minimum Gasteiger partial charge on any atom is -0.298 e. The first-order valence-corrected chi connectivity index (χ1v) is 7.04. The molecule has 0 aliphatic heterocycles. The molecule has 1 aliphatic carbocycles. The predicted octanol–water partition coefficient (Wildman–Crippen LogP) is 3.01. The van der Waals surface area contributed by atoms with Gasteiger partial charge in [-0.25, -0.2) is 0 Å². The normalized spacial score (nSPS) is 18.3. The van der Waals surface area contributed by atoms with Crippen molar-refractivity contribution in [3.8, 4) is 0 Å². The summed E-state index contributed by atoms with van der Waals surface area (Å²) in [6.07, 6.45) is 0.188.